The Morgan fingerprint density at radius 2 is 1.63 bits per heavy atom. The quantitative estimate of drug-likeness (QED) is 0.580. The smallest absolute Gasteiger partial charge is 0.196 e. The highest BCUT2D eigenvalue weighted by atomic mass is 16.5. The van der Waals surface area contributed by atoms with Crippen molar-refractivity contribution in [1.29, 1.82) is 0 Å². The first-order chi connectivity index (χ1) is 13.3. The van der Waals surface area contributed by atoms with E-state index in [2.05, 4.69) is 0 Å². The lowest BCUT2D eigenvalue weighted by molar-refractivity contribution is 0.0963. The molecular weight excluding hydrogens is 336 g/mol. The molecule has 3 aromatic carbocycles. The third kappa shape index (κ3) is 3.49. The van der Waals surface area contributed by atoms with Crippen molar-refractivity contribution in [3.8, 4) is 11.5 Å². The van der Waals surface area contributed by atoms with Gasteiger partial charge in [-0.25, -0.2) is 0 Å². The van der Waals surface area contributed by atoms with Gasteiger partial charge >= 0.3 is 0 Å². The highest BCUT2D eigenvalue weighted by molar-refractivity contribution is 6.14. The second-order valence-corrected chi connectivity index (χ2v) is 6.34. The van der Waals surface area contributed by atoms with Gasteiger partial charge in [0.05, 0.1) is 12.2 Å². The SMILES string of the molecule is CCOc1ccc(/C=C2/C(=O)c3ccccc3O[C@H]2c2ccccc2)cc1. The minimum atomic E-state index is -0.430. The molecule has 0 saturated heterocycles. The summed E-state index contributed by atoms with van der Waals surface area (Å²) in [5.74, 6) is 1.44. The second kappa shape index (κ2) is 7.50. The number of rotatable bonds is 4. The van der Waals surface area contributed by atoms with Gasteiger partial charge in [0.15, 0.2) is 11.9 Å². The Morgan fingerprint density at radius 1 is 0.926 bits per heavy atom. The van der Waals surface area contributed by atoms with Gasteiger partial charge in [0.25, 0.3) is 0 Å². The molecule has 0 bridgehead atoms. The molecule has 1 heterocycles. The van der Waals surface area contributed by atoms with E-state index in [4.69, 9.17) is 9.47 Å². The third-order valence-electron chi connectivity index (χ3n) is 4.54. The summed E-state index contributed by atoms with van der Waals surface area (Å²) in [5.41, 5.74) is 3.12. The molecule has 3 heteroatoms. The minimum Gasteiger partial charge on any atom is -0.494 e. The van der Waals surface area contributed by atoms with Gasteiger partial charge in [-0.3, -0.25) is 4.79 Å². The largest absolute Gasteiger partial charge is 0.494 e. The first-order valence-corrected chi connectivity index (χ1v) is 9.06. The Bertz CT molecular complexity index is 972. The molecule has 0 fully saturated rings. The van der Waals surface area contributed by atoms with Gasteiger partial charge in [-0.1, -0.05) is 54.6 Å². The van der Waals surface area contributed by atoms with Gasteiger partial charge in [0.2, 0.25) is 0 Å². The number of carbonyl (C=O) groups is 1. The summed E-state index contributed by atoms with van der Waals surface area (Å²) in [7, 11) is 0. The van der Waals surface area contributed by atoms with Crippen LogP contribution in [0, 0.1) is 0 Å². The number of hydrogen-bond donors (Lipinski definition) is 0. The van der Waals surface area contributed by atoms with Crippen LogP contribution in [0.1, 0.15) is 34.5 Å². The van der Waals surface area contributed by atoms with Gasteiger partial charge in [-0.05, 0) is 48.4 Å². The van der Waals surface area contributed by atoms with Crippen LogP contribution in [0.25, 0.3) is 6.08 Å². The Hall–Kier alpha value is -3.33. The predicted octanol–water partition coefficient (Wildman–Crippen LogP) is 5.49. The number of para-hydroxylation sites is 1. The predicted molar refractivity (Wildman–Crippen MR) is 106 cm³/mol. The number of ketones is 1. The van der Waals surface area contributed by atoms with Crippen LogP contribution >= 0.6 is 0 Å². The van der Waals surface area contributed by atoms with Crippen LogP contribution in [-0.4, -0.2) is 12.4 Å². The van der Waals surface area contributed by atoms with Crippen molar-refractivity contribution < 1.29 is 14.3 Å². The zero-order valence-corrected chi connectivity index (χ0v) is 15.1. The van der Waals surface area contributed by atoms with E-state index >= 15 is 0 Å². The maximum atomic E-state index is 13.2. The van der Waals surface area contributed by atoms with Gasteiger partial charge in [-0.15, -0.1) is 0 Å². The maximum absolute atomic E-state index is 13.2. The molecule has 0 radical (unpaired) electrons. The number of benzene rings is 3. The van der Waals surface area contributed by atoms with E-state index in [1.165, 1.54) is 0 Å². The van der Waals surface area contributed by atoms with E-state index < -0.39 is 6.10 Å². The van der Waals surface area contributed by atoms with Gasteiger partial charge < -0.3 is 9.47 Å². The summed E-state index contributed by atoms with van der Waals surface area (Å²) >= 11 is 0. The van der Waals surface area contributed by atoms with Crippen LogP contribution in [0.2, 0.25) is 0 Å². The highest BCUT2D eigenvalue weighted by Crippen LogP contribution is 2.39. The molecule has 0 unspecified atom stereocenters. The fraction of sp³-hybridized carbons (Fsp3) is 0.125. The average molecular weight is 356 g/mol. The summed E-state index contributed by atoms with van der Waals surface area (Å²) in [6, 6.07) is 25.0. The lowest BCUT2D eigenvalue weighted by atomic mass is 9.89. The molecule has 134 valence electrons. The number of fused-ring (bicyclic) bond motifs is 1. The van der Waals surface area contributed by atoms with Crippen LogP contribution < -0.4 is 9.47 Å². The Morgan fingerprint density at radius 3 is 2.37 bits per heavy atom. The number of Topliss-reactive ketones (excluding diaryl/α,β-unsaturated/α-hetero) is 1. The second-order valence-electron chi connectivity index (χ2n) is 6.34. The fourth-order valence-corrected chi connectivity index (χ4v) is 3.25. The van der Waals surface area contributed by atoms with Crippen molar-refractivity contribution in [2.45, 2.75) is 13.0 Å². The van der Waals surface area contributed by atoms with Gasteiger partial charge in [-0.2, -0.15) is 0 Å². The molecule has 0 spiro atoms. The van der Waals surface area contributed by atoms with Crippen molar-refractivity contribution in [3.63, 3.8) is 0 Å². The molecule has 0 N–H and O–H groups in total. The third-order valence-corrected chi connectivity index (χ3v) is 4.54. The molecule has 1 aliphatic rings. The topological polar surface area (TPSA) is 35.5 Å². The van der Waals surface area contributed by atoms with Crippen LogP contribution in [-0.2, 0) is 0 Å². The Balaban J connectivity index is 1.78. The van der Waals surface area contributed by atoms with Crippen LogP contribution in [0.15, 0.2) is 84.4 Å². The van der Waals surface area contributed by atoms with Crippen LogP contribution in [0.4, 0.5) is 0 Å². The summed E-state index contributed by atoms with van der Waals surface area (Å²) in [5, 5.41) is 0. The summed E-state index contributed by atoms with van der Waals surface area (Å²) < 4.78 is 11.7. The monoisotopic (exact) mass is 356 g/mol. The summed E-state index contributed by atoms with van der Waals surface area (Å²) in [4.78, 5) is 13.2. The fourth-order valence-electron chi connectivity index (χ4n) is 3.25. The zero-order chi connectivity index (χ0) is 18.6. The number of ether oxygens (including phenoxy) is 2. The molecule has 0 amide bonds. The number of carbonyl (C=O) groups excluding carboxylic acids is 1. The maximum Gasteiger partial charge on any atom is 0.196 e. The van der Waals surface area contributed by atoms with E-state index in [-0.39, 0.29) is 5.78 Å². The van der Waals surface area contributed by atoms with E-state index in [9.17, 15) is 4.79 Å². The zero-order valence-electron chi connectivity index (χ0n) is 15.1. The standard InChI is InChI=1S/C24H20O3/c1-2-26-19-14-12-17(13-15-19)16-21-23(25)20-10-6-7-11-22(20)27-24(21)18-8-4-3-5-9-18/h3-16,24H,2H2,1H3/b21-16-/t24-/m0/s1. The van der Waals surface area contributed by atoms with Crippen molar-refractivity contribution in [2.75, 3.05) is 6.61 Å². The minimum absolute atomic E-state index is 0.000382. The lowest BCUT2D eigenvalue weighted by Gasteiger charge is -2.28. The van der Waals surface area contributed by atoms with Crippen molar-refractivity contribution >= 4 is 11.9 Å². The Labute approximate surface area is 158 Å². The van der Waals surface area contributed by atoms with Crippen LogP contribution in [0.3, 0.4) is 0 Å². The first kappa shape index (κ1) is 17.1. The molecule has 4 rings (SSSR count). The van der Waals surface area contributed by atoms with Crippen molar-refractivity contribution in [1.82, 2.24) is 0 Å². The molecule has 0 saturated carbocycles. The van der Waals surface area contributed by atoms with Crippen molar-refractivity contribution in [3.05, 3.63) is 101 Å². The normalized spacial score (nSPS) is 17.3. The summed E-state index contributed by atoms with van der Waals surface area (Å²) in [6.07, 6.45) is 1.48. The first-order valence-electron chi connectivity index (χ1n) is 9.06. The molecular formula is C24H20O3. The molecule has 27 heavy (non-hydrogen) atoms. The van der Waals surface area contributed by atoms with E-state index in [0.717, 1.165) is 16.9 Å². The van der Waals surface area contributed by atoms with E-state index in [1.807, 2.05) is 91.9 Å². The van der Waals surface area contributed by atoms with E-state index in [1.54, 1.807) is 0 Å². The van der Waals surface area contributed by atoms with Gasteiger partial charge in [0, 0.05) is 5.57 Å². The molecule has 0 aliphatic carbocycles. The van der Waals surface area contributed by atoms with Gasteiger partial charge in [0.1, 0.15) is 11.5 Å². The highest BCUT2D eigenvalue weighted by Gasteiger charge is 2.32. The average Bonchev–Trinajstić information content (AvgIpc) is 2.72. The number of hydrogen-bond acceptors (Lipinski definition) is 3. The Kier molecular flexibility index (Phi) is 4.75. The molecule has 3 nitrogen and oxygen atoms in total. The molecule has 3 aromatic rings. The van der Waals surface area contributed by atoms with E-state index in [0.29, 0.717) is 23.5 Å². The molecule has 1 atom stereocenters. The molecule has 0 aromatic heterocycles. The summed E-state index contributed by atoms with van der Waals surface area (Å²) in [6.45, 7) is 2.58. The lowest BCUT2D eigenvalue weighted by Crippen LogP contribution is -2.23. The van der Waals surface area contributed by atoms with Crippen LogP contribution in [0.5, 0.6) is 11.5 Å². The molecule has 1 aliphatic heterocycles. The van der Waals surface area contributed by atoms with Crippen molar-refractivity contribution in [2.24, 2.45) is 0 Å².